The minimum atomic E-state index is -0.0717. The summed E-state index contributed by atoms with van der Waals surface area (Å²) >= 11 is 0. The van der Waals surface area contributed by atoms with Crippen LogP contribution in [0.15, 0.2) is 24.3 Å². The monoisotopic (exact) mass is 277 g/mol. The Labute approximate surface area is 120 Å². The summed E-state index contributed by atoms with van der Waals surface area (Å²) in [6.45, 7) is 6.72. The number of carbonyl (C=O) groups is 1. The molecule has 20 heavy (non-hydrogen) atoms. The number of hydrogen-bond acceptors (Lipinski definition) is 4. The van der Waals surface area contributed by atoms with Crippen molar-refractivity contribution in [1.29, 1.82) is 0 Å². The first kappa shape index (κ1) is 15.0. The average Bonchev–Trinajstić information content (AvgIpc) is 2.52. The van der Waals surface area contributed by atoms with E-state index in [0.717, 1.165) is 31.8 Å². The molecule has 1 aliphatic rings. The number of morpholine rings is 1. The summed E-state index contributed by atoms with van der Waals surface area (Å²) in [7, 11) is 0. The Morgan fingerprint density at radius 2 is 2.40 bits per heavy atom. The lowest BCUT2D eigenvalue weighted by Gasteiger charge is -2.32. The van der Waals surface area contributed by atoms with Gasteiger partial charge >= 0.3 is 0 Å². The molecule has 3 N–H and O–H groups in total. The number of benzene rings is 1. The zero-order chi connectivity index (χ0) is 14.4. The molecule has 0 bridgehead atoms. The van der Waals surface area contributed by atoms with Gasteiger partial charge in [0.1, 0.15) is 0 Å². The Morgan fingerprint density at radius 1 is 1.55 bits per heavy atom. The van der Waals surface area contributed by atoms with Crippen molar-refractivity contribution < 1.29 is 9.53 Å². The highest BCUT2D eigenvalue weighted by molar-refractivity contribution is 5.94. The van der Waals surface area contributed by atoms with Gasteiger partial charge in [-0.1, -0.05) is 19.1 Å². The molecule has 1 amide bonds. The summed E-state index contributed by atoms with van der Waals surface area (Å²) in [5, 5.41) is 2.93. The highest BCUT2D eigenvalue weighted by Crippen LogP contribution is 2.06. The Kier molecular flexibility index (Phi) is 5.52. The van der Waals surface area contributed by atoms with E-state index in [1.807, 2.05) is 18.2 Å². The Hall–Kier alpha value is -1.43. The zero-order valence-electron chi connectivity index (χ0n) is 12.0. The van der Waals surface area contributed by atoms with Gasteiger partial charge < -0.3 is 15.8 Å². The van der Waals surface area contributed by atoms with E-state index in [4.69, 9.17) is 10.5 Å². The molecule has 110 valence electrons. The molecule has 1 fully saturated rings. The van der Waals surface area contributed by atoms with Gasteiger partial charge in [-0.15, -0.1) is 0 Å². The molecular weight excluding hydrogens is 254 g/mol. The van der Waals surface area contributed by atoms with Crippen molar-refractivity contribution in [3.63, 3.8) is 0 Å². The van der Waals surface area contributed by atoms with Crippen molar-refractivity contribution in [2.45, 2.75) is 19.6 Å². The van der Waals surface area contributed by atoms with Crippen LogP contribution in [-0.2, 0) is 11.3 Å². The van der Waals surface area contributed by atoms with Crippen molar-refractivity contribution >= 4 is 5.91 Å². The molecule has 5 heteroatoms. The molecule has 1 aromatic rings. The van der Waals surface area contributed by atoms with Crippen LogP contribution in [0, 0.1) is 0 Å². The van der Waals surface area contributed by atoms with Crippen LogP contribution in [0.4, 0.5) is 0 Å². The minimum Gasteiger partial charge on any atom is -0.374 e. The molecule has 1 saturated heterocycles. The zero-order valence-corrected chi connectivity index (χ0v) is 12.0. The molecule has 2 rings (SSSR count). The second kappa shape index (κ2) is 7.38. The van der Waals surface area contributed by atoms with E-state index in [9.17, 15) is 4.79 Å². The van der Waals surface area contributed by atoms with Gasteiger partial charge in [0.25, 0.3) is 5.91 Å². The van der Waals surface area contributed by atoms with Crippen LogP contribution in [-0.4, -0.2) is 49.7 Å². The van der Waals surface area contributed by atoms with Crippen LogP contribution in [0.1, 0.15) is 22.8 Å². The molecule has 0 spiro atoms. The maximum atomic E-state index is 12.1. The van der Waals surface area contributed by atoms with Crippen LogP contribution in [0.2, 0.25) is 0 Å². The summed E-state index contributed by atoms with van der Waals surface area (Å²) < 4.78 is 5.66. The Bertz CT molecular complexity index is 450. The lowest BCUT2D eigenvalue weighted by Crippen LogP contribution is -2.47. The highest BCUT2D eigenvalue weighted by Gasteiger charge is 2.19. The van der Waals surface area contributed by atoms with Gasteiger partial charge in [0.15, 0.2) is 0 Å². The van der Waals surface area contributed by atoms with E-state index < -0.39 is 0 Å². The molecular formula is C15H23N3O2. The van der Waals surface area contributed by atoms with Crippen molar-refractivity contribution in [3.8, 4) is 0 Å². The second-order valence-corrected chi connectivity index (χ2v) is 5.00. The van der Waals surface area contributed by atoms with E-state index in [0.29, 0.717) is 18.7 Å². The molecule has 1 aliphatic heterocycles. The number of rotatable bonds is 5. The van der Waals surface area contributed by atoms with E-state index in [1.54, 1.807) is 6.07 Å². The molecule has 1 unspecified atom stereocenters. The van der Waals surface area contributed by atoms with Crippen LogP contribution < -0.4 is 11.1 Å². The fourth-order valence-corrected chi connectivity index (χ4v) is 2.34. The fourth-order valence-electron chi connectivity index (χ4n) is 2.34. The SMILES string of the molecule is CCN1CCOC(CNC(=O)c2cccc(CN)c2)C1. The topological polar surface area (TPSA) is 67.6 Å². The molecule has 1 heterocycles. The highest BCUT2D eigenvalue weighted by atomic mass is 16.5. The molecule has 0 saturated carbocycles. The molecule has 0 aromatic heterocycles. The number of carbonyl (C=O) groups excluding carboxylic acids is 1. The summed E-state index contributed by atoms with van der Waals surface area (Å²) in [6.07, 6.45) is 0.0744. The predicted octanol–water partition coefficient (Wildman–Crippen LogP) is 0.596. The van der Waals surface area contributed by atoms with Gasteiger partial charge in [-0.25, -0.2) is 0 Å². The number of amides is 1. The Balaban J connectivity index is 1.85. The summed E-state index contributed by atoms with van der Waals surface area (Å²) in [5.41, 5.74) is 7.19. The number of nitrogens with zero attached hydrogens (tertiary/aromatic N) is 1. The average molecular weight is 277 g/mol. The van der Waals surface area contributed by atoms with E-state index in [2.05, 4.69) is 17.1 Å². The Morgan fingerprint density at radius 3 is 3.15 bits per heavy atom. The standard InChI is InChI=1S/C15H23N3O2/c1-2-18-6-7-20-14(11-18)10-17-15(19)13-5-3-4-12(8-13)9-16/h3-5,8,14H,2,6-7,9-11,16H2,1H3,(H,17,19). The van der Waals surface area contributed by atoms with Crippen molar-refractivity contribution in [3.05, 3.63) is 35.4 Å². The third-order valence-corrected chi connectivity index (χ3v) is 3.59. The number of nitrogens with two attached hydrogens (primary N) is 1. The number of likely N-dealkylation sites (N-methyl/N-ethyl adjacent to an activating group) is 1. The molecule has 1 atom stereocenters. The van der Waals surface area contributed by atoms with Crippen molar-refractivity contribution in [2.75, 3.05) is 32.8 Å². The molecule has 0 aliphatic carbocycles. The summed E-state index contributed by atoms with van der Waals surface area (Å²) in [6, 6.07) is 7.40. The van der Waals surface area contributed by atoms with Crippen LogP contribution >= 0.6 is 0 Å². The number of nitrogens with one attached hydrogen (secondary N) is 1. The van der Waals surface area contributed by atoms with Crippen LogP contribution in [0.5, 0.6) is 0 Å². The third kappa shape index (κ3) is 4.03. The first-order valence-electron chi connectivity index (χ1n) is 7.14. The number of hydrogen-bond donors (Lipinski definition) is 2. The van der Waals surface area contributed by atoms with Crippen molar-refractivity contribution in [2.24, 2.45) is 5.73 Å². The van der Waals surface area contributed by atoms with Gasteiger partial charge in [0.05, 0.1) is 12.7 Å². The fraction of sp³-hybridized carbons (Fsp3) is 0.533. The third-order valence-electron chi connectivity index (χ3n) is 3.59. The lowest BCUT2D eigenvalue weighted by atomic mass is 10.1. The van der Waals surface area contributed by atoms with Gasteiger partial charge in [0.2, 0.25) is 0 Å². The predicted molar refractivity (Wildman–Crippen MR) is 78.5 cm³/mol. The maximum Gasteiger partial charge on any atom is 0.251 e. The first-order valence-corrected chi connectivity index (χ1v) is 7.14. The van der Waals surface area contributed by atoms with Gasteiger partial charge in [-0.05, 0) is 24.2 Å². The first-order chi connectivity index (χ1) is 9.72. The minimum absolute atomic E-state index is 0.0717. The summed E-state index contributed by atoms with van der Waals surface area (Å²) in [4.78, 5) is 14.4. The van der Waals surface area contributed by atoms with E-state index in [-0.39, 0.29) is 12.0 Å². The molecule has 1 aromatic carbocycles. The van der Waals surface area contributed by atoms with Crippen molar-refractivity contribution in [1.82, 2.24) is 10.2 Å². The quantitative estimate of drug-likeness (QED) is 0.827. The molecule has 5 nitrogen and oxygen atoms in total. The smallest absolute Gasteiger partial charge is 0.251 e. The largest absolute Gasteiger partial charge is 0.374 e. The van der Waals surface area contributed by atoms with Crippen LogP contribution in [0.25, 0.3) is 0 Å². The van der Waals surface area contributed by atoms with Crippen LogP contribution in [0.3, 0.4) is 0 Å². The van der Waals surface area contributed by atoms with Gasteiger partial charge in [-0.2, -0.15) is 0 Å². The normalized spacial score (nSPS) is 19.8. The van der Waals surface area contributed by atoms with Gasteiger partial charge in [-0.3, -0.25) is 9.69 Å². The second-order valence-electron chi connectivity index (χ2n) is 5.00. The number of ether oxygens (including phenoxy) is 1. The maximum absolute atomic E-state index is 12.1. The molecule has 0 radical (unpaired) electrons. The lowest BCUT2D eigenvalue weighted by molar-refractivity contribution is -0.0246. The summed E-state index contributed by atoms with van der Waals surface area (Å²) in [5.74, 6) is -0.0717. The van der Waals surface area contributed by atoms with Gasteiger partial charge in [0, 0.05) is 31.7 Å². The van der Waals surface area contributed by atoms with E-state index >= 15 is 0 Å². The van der Waals surface area contributed by atoms with E-state index in [1.165, 1.54) is 0 Å².